The third-order valence-electron chi connectivity index (χ3n) is 6.09. The zero-order valence-electron chi connectivity index (χ0n) is 16.9. The molecule has 0 spiro atoms. The van der Waals surface area contributed by atoms with Gasteiger partial charge in [0.2, 0.25) is 5.91 Å². The van der Waals surface area contributed by atoms with E-state index in [-0.39, 0.29) is 0 Å². The largest absolute Gasteiger partial charge is 0.370 e. The molecule has 2 aliphatic rings. The first-order valence-corrected chi connectivity index (χ1v) is 10.7. The Morgan fingerprint density at radius 2 is 1.97 bits per heavy atom. The molecule has 1 amide bonds. The fourth-order valence-electron chi connectivity index (χ4n) is 4.68. The Hall–Kier alpha value is -2.89. The van der Waals surface area contributed by atoms with Crippen LogP contribution >= 0.6 is 0 Å². The normalized spacial score (nSPS) is 16.0. The molecule has 1 saturated heterocycles. The molecule has 0 saturated carbocycles. The lowest BCUT2D eigenvalue weighted by Gasteiger charge is -2.17. The number of benzene rings is 1. The van der Waals surface area contributed by atoms with Crippen LogP contribution in [0.15, 0.2) is 30.3 Å². The molecule has 1 fully saturated rings. The van der Waals surface area contributed by atoms with Crippen LogP contribution in [0.1, 0.15) is 42.6 Å². The molecular formula is C23H27N5O. The van der Waals surface area contributed by atoms with Gasteiger partial charge in [-0.1, -0.05) is 30.3 Å². The van der Waals surface area contributed by atoms with Crippen LogP contribution in [-0.4, -0.2) is 45.0 Å². The molecule has 0 unspecified atom stereocenters. The van der Waals surface area contributed by atoms with Crippen LogP contribution in [0.2, 0.25) is 0 Å². The maximum atomic E-state index is 11.8. The second-order valence-corrected chi connectivity index (χ2v) is 8.07. The lowest BCUT2D eigenvalue weighted by molar-refractivity contribution is -0.127. The first kappa shape index (κ1) is 18.2. The molecule has 29 heavy (non-hydrogen) atoms. The predicted molar refractivity (Wildman–Crippen MR) is 114 cm³/mol. The topological polar surface area (TPSA) is 62.5 Å². The molecule has 0 atom stereocenters. The Balaban J connectivity index is 1.45. The van der Waals surface area contributed by atoms with Crippen molar-refractivity contribution in [3.05, 3.63) is 47.3 Å². The number of rotatable bonds is 6. The average Bonchev–Trinajstić information content (AvgIpc) is 3.43. The molecule has 150 valence electrons. The molecule has 0 radical (unpaired) electrons. The van der Waals surface area contributed by atoms with Crippen molar-refractivity contribution in [2.45, 2.75) is 45.4 Å². The molecule has 5 rings (SSSR count). The maximum absolute atomic E-state index is 11.8. The Bertz CT molecular complexity index is 1060. The smallest absolute Gasteiger partial charge is 0.222 e. The number of aryl methyl sites for hydroxylation is 2. The quantitative estimate of drug-likeness (QED) is 0.654. The van der Waals surface area contributed by atoms with E-state index >= 15 is 0 Å². The highest BCUT2D eigenvalue weighted by atomic mass is 16.2. The minimum atomic E-state index is 0.299. The molecule has 0 bridgehead atoms. The number of carbonyl (C=O) groups excluding carboxylic acids is 1. The van der Waals surface area contributed by atoms with Crippen molar-refractivity contribution in [3.63, 3.8) is 0 Å². The third kappa shape index (κ3) is 3.26. The number of carbonyl (C=O) groups is 1. The van der Waals surface area contributed by atoms with Crippen molar-refractivity contribution in [1.29, 1.82) is 0 Å². The highest BCUT2D eigenvalue weighted by Crippen LogP contribution is 2.34. The van der Waals surface area contributed by atoms with Gasteiger partial charge in [-0.05, 0) is 44.6 Å². The molecular weight excluding hydrogens is 362 g/mol. The summed E-state index contributed by atoms with van der Waals surface area (Å²) in [7, 11) is 0. The molecule has 6 heteroatoms. The van der Waals surface area contributed by atoms with Crippen molar-refractivity contribution in [2.75, 3.05) is 25.0 Å². The molecule has 1 aliphatic heterocycles. The van der Waals surface area contributed by atoms with E-state index in [1.54, 1.807) is 0 Å². The van der Waals surface area contributed by atoms with E-state index in [1.165, 1.54) is 11.3 Å². The van der Waals surface area contributed by atoms with Gasteiger partial charge in [-0.3, -0.25) is 4.79 Å². The van der Waals surface area contributed by atoms with Gasteiger partial charge >= 0.3 is 0 Å². The van der Waals surface area contributed by atoms with Crippen molar-refractivity contribution >= 4 is 17.4 Å². The standard InChI is InChI=1S/C23H27N5O/c1-16-21(17-8-3-2-4-9-17)23-25-19-11-5-10-18(19)22(28(23)26-16)24-13-7-15-27-14-6-12-20(27)29/h2-4,8-9,24H,5-7,10-15H2,1H3. The van der Waals surface area contributed by atoms with Crippen LogP contribution in [-0.2, 0) is 17.6 Å². The number of hydrogen-bond acceptors (Lipinski definition) is 4. The van der Waals surface area contributed by atoms with Crippen molar-refractivity contribution < 1.29 is 4.79 Å². The van der Waals surface area contributed by atoms with Gasteiger partial charge in [-0.15, -0.1) is 0 Å². The molecule has 6 nitrogen and oxygen atoms in total. The summed E-state index contributed by atoms with van der Waals surface area (Å²) >= 11 is 0. The van der Waals surface area contributed by atoms with E-state index in [2.05, 4.69) is 36.5 Å². The molecule has 1 N–H and O–H groups in total. The lowest BCUT2D eigenvalue weighted by Crippen LogP contribution is -2.27. The van der Waals surface area contributed by atoms with Crippen molar-refractivity contribution in [2.24, 2.45) is 0 Å². The highest BCUT2D eigenvalue weighted by Gasteiger charge is 2.24. The van der Waals surface area contributed by atoms with E-state index < -0.39 is 0 Å². The number of aromatic nitrogens is 3. The highest BCUT2D eigenvalue weighted by molar-refractivity contribution is 5.81. The summed E-state index contributed by atoms with van der Waals surface area (Å²) in [6, 6.07) is 10.4. The number of hydrogen-bond donors (Lipinski definition) is 1. The van der Waals surface area contributed by atoms with Crippen LogP contribution in [0.5, 0.6) is 0 Å². The van der Waals surface area contributed by atoms with Gasteiger partial charge in [0.25, 0.3) is 0 Å². The summed E-state index contributed by atoms with van der Waals surface area (Å²) in [6.45, 7) is 4.63. The van der Waals surface area contributed by atoms with Crippen LogP contribution in [0.25, 0.3) is 16.8 Å². The Labute approximate surface area is 170 Å². The maximum Gasteiger partial charge on any atom is 0.222 e. The van der Waals surface area contributed by atoms with Gasteiger partial charge < -0.3 is 10.2 Å². The Morgan fingerprint density at radius 3 is 2.76 bits per heavy atom. The van der Waals surface area contributed by atoms with Crippen molar-refractivity contribution in [3.8, 4) is 11.1 Å². The monoisotopic (exact) mass is 389 g/mol. The zero-order valence-corrected chi connectivity index (χ0v) is 16.9. The second-order valence-electron chi connectivity index (χ2n) is 8.07. The predicted octanol–water partition coefficient (Wildman–Crippen LogP) is 3.62. The molecule has 1 aliphatic carbocycles. The molecule has 3 aromatic rings. The van der Waals surface area contributed by atoms with Crippen LogP contribution < -0.4 is 5.32 Å². The van der Waals surface area contributed by atoms with Gasteiger partial charge in [0.05, 0.1) is 5.69 Å². The third-order valence-corrected chi connectivity index (χ3v) is 6.09. The fraction of sp³-hybridized carbons (Fsp3) is 0.435. The molecule has 1 aromatic carbocycles. The van der Waals surface area contributed by atoms with E-state index in [0.29, 0.717) is 12.3 Å². The molecule has 3 heterocycles. The van der Waals surface area contributed by atoms with Crippen LogP contribution in [0.4, 0.5) is 5.82 Å². The van der Waals surface area contributed by atoms with E-state index in [1.807, 2.05) is 15.5 Å². The Morgan fingerprint density at radius 1 is 1.10 bits per heavy atom. The zero-order chi connectivity index (χ0) is 19.8. The Kier molecular flexibility index (Phi) is 4.70. The summed E-state index contributed by atoms with van der Waals surface area (Å²) < 4.78 is 2.00. The summed E-state index contributed by atoms with van der Waals surface area (Å²) in [6.07, 6.45) is 5.87. The number of anilines is 1. The summed E-state index contributed by atoms with van der Waals surface area (Å²) in [4.78, 5) is 18.8. The summed E-state index contributed by atoms with van der Waals surface area (Å²) in [5.74, 6) is 1.38. The average molecular weight is 390 g/mol. The fourth-order valence-corrected chi connectivity index (χ4v) is 4.68. The van der Waals surface area contributed by atoms with E-state index in [0.717, 1.165) is 80.0 Å². The van der Waals surface area contributed by atoms with Gasteiger partial charge in [0.15, 0.2) is 5.65 Å². The van der Waals surface area contributed by atoms with Gasteiger partial charge in [0, 0.05) is 42.9 Å². The minimum Gasteiger partial charge on any atom is -0.370 e. The summed E-state index contributed by atoms with van der Waals surface area (Å²) in [5.41, 5.74) is 6.71. The lowest BCUT2D eigenvalue weighted by atomic mass is 10.1. The number of nitrogens with one attached hydrogen (secondary N) is 1. The number of amides is 1. The number of likely N-dealkylation sites (tertiary alicyclic amines) is 1. The number of nitrogens with zero attached hydrogens (tertiary/aromatic N) is 4. The first-order chi connectivity index (χ1) is 14.2. The second kappa shape index (κ2) is 7.50. The van der Waals surface area contributed by atoms with Gasteiger partial charge in [-0.2, -0.15) is 9.61 Å². The van der Waals surface area contributed by atoms with Crippen molar-refractivity contribution in [1.82, 2.24) is 19.5 Å². The van der Waals surface area contributed by atoms with Crippen LogP contribution in [0.3, 0.4) is 0 Å². The minimum absolute atomic E-state index is 0.299. The van der Waals surface area contributed by atoms with Crippen LogP contribution in [0, 0.1) is 6.92 Å². The number of fused-ring (bicyclic) bond motifs is 2. The van der Waals surface area contributed by atoms with Gasteiger partial charge in [-0.25, -0.2) is 4.98 Å². The SMILES string of the molecule is Cc1nn2c(NCCCN3CCCC3=O)c3c(nc2c1-c1ccccc1)CCC3. The van der Waals surface area contributed by atoms with E-state index in [4.69, 9.17) is 10.1 Å². The first-order valence-electron chi connectivity index (χ1n) is 10.7. The summed E-state index contributed by atoms with van der Waals surface area (Å²) in [5, 5.41) is 8.50. The van der Waals surface area contributed by atoms with Gasteiger partial charge in [0.1, 0.15) is 5.82 Å². The van der Waals surface area contributed by atoms with E-state index in [9.17, 15) is 4.79 Å². The molecule has 2 aromatic heterocycles.